The van der Waals surface area contributed by atoms with E-state index in [2.05, 4.69) is 4.90 Å². The summed E-state index contributed by atoms with van der Waals surface area (Å²) in [4.78, 5) is 23.9. The first kappa shape index (κ1) is 18.4. The lowest BCUT2D eigenvalue weighted by molar-refractivity contribution is -0.384. The molecular formula is C17H24N2O5. The van der Waals surface area contributed by atoms with Gasteiger partial charge in [0.15, 0.2) is 0 Å². The van der Waals surface area contributed by atoms with Crippen LogP contribution in [-0.4, -0.2) is 55.2 Å². The van der Waals surface area contributed by atoms with Crippen molar-refractivity contribution in [1.29, 1.82) is 0 Å². The molecule has 132 valence electrons. The molecule has 1 aromatic rings. The highest BCUT2D eigenvalue weighted by Gasteiger charge is 2.19. The van der Waals surface area contributed by atoms with E-state index in [0.29, 0.717) is 13.0 Å². The van der Waals surface area contributed by atoms with E-state index in [1.165, 1.54) is 19.2 Å². The first-order valence-electron chi connectivity index (χ1n) is 8.22. The predicted molar refractivity (Wildman–Crippen MR) is 88.8 cm³/mol. The van der Waals surface area contributed by atoms with Crippen LogP contribution in [0.3, 0.4) is 0 Å². The number of non-ortho nitro benzene ring substituents is 1. The van der Waals surface area contributed by atoms with Crippen LogP contribution in [0.5, 0.6) is 0 Å². The van der Waals surface area contributed by atoms with Gasteiger partial charge in [0.25, 0.3) is 5.69 Å². The molecule has 0 spiro atoms. The van der Waals surface area contributed by atoms with Crippen molar-refractivity contribution in [2.45, 2.75) is 31.8 Å². The van der Waals surface area contributed by atoms with Crippen molar-refractivity contribution >= 4 is 11.7 Å². The van der Waals surface area contributed by atoms with Crippen molar-refractivity contribution < 1.29 is 19.2 Å². The van der Waals surface area contributed by atoms with Gasteiger partial charge in [-0.25, -0.2) is 0 Å². The Hall–Kier alpha value is -1.99. The van der Waals surface area contributed by atoms with Gasteiger partial charge in [-0.1, -0.05) is 12.1 Å². The highest BCUT2D eigenvalue weighted by Crippen LogP contribution is 2.15. The lowest BCUT2D eigenvalue weighted by Crippen LogP contribution is -2.35. The van der Waals surface area contributed by atoms with Crippen LogP contribution in [0, 0.1) is 10.1 Å². The summed E-state index contributed by atoms with van der Waals surface area (Å²) in [6, 6.07) is 6.60. The van der Waals surface area contributed by atoms with Gasteiger partial charge >= 0.3 is 5.97 Å². The molecule has 1 fully saturated rings. The molecule has 1 saturated heterocycles. The first-order valence-corrected chi connectivity index (χ1v) is 8.22. The highest BCUT2D eigenvalue weighted by atomic mass is 16.6. The van der Waals surface area contributed by atoms with Gasteiger partial charge in [0.1, 0.15) is 0 Å². The number of hydrogen-bond donors (Lipinski definition) is 0. The molecule has 1 unspecified atom stereocenters. The number of carbonyl (C=O) groups excluding carboxylic acids is 1. The Morgan fingerprint density at radius 1 is 1.38 bits per heavy atom. The Balaban J connectivity index is 1.87. The molecule has 0 bridgehead atoms. The lowest BCUT2D eigenvalue weighted by atomic mass is 10.1. The van der Waals surface area contributed by atoms with Crippen LogP contribution >= 0.6 is 0 Å². The normalized spacial score (nSPS) is 17.2. The van der Waals surface area contributed by atoms with Crippen LogP contribution in [0.2, 0.25) is 0 Å². The number of nitro benzene ring substituents is 1. The maximum absolute atomic E-state index is 11.4. The van der Waals surface area contributed by atoms with Crippen LogP contribution in [0.25, 0.3) is 0 Å². The lowest BCUT2D eigenvalue weighted by Gasteiger charge is -2.24. The fraction of sp³-hybridized carbons (Fsp3) is 0.588. The minimum absolute atomic E-state index is 0.0978. The topological polar surface area (TPSA) is 81.9 Å². The smallest absolute Gasteiger partial charge is 0.306 e. The van der Waals surface area contributed by atoms with E-state index in [1.54, 1.807) is 12.1 Å². The zero-order valence-electron chi connectivity index (χ0n) is 14.0. The minimum Gasteiger partial charge on any atom is -0.469 e. The third-order valence-corrected chi connectivity index (χ3v) is 4.21. The van der Waals surface area contributed by atoms with Crippen LogP contribution in [0.4, 0.5) is 5.69 Å². The maximum atomic E-state index is 11.4. The molecule has 1 atom stereocenters. The third-order valence-electron chi connectivity index (χ3n) is 4.21. The van der Waals surface area contributed by atoms with Crippen molar-refractivity contribution in [2.75, 3.05) is 33.4 Å². The van der Waals surface area contributed by atoms with Gasteiger partial charge in [0.2, 0.25) is 0 Å². The molecule has 0 saturated carbocycles. The Labute approximate surface area is 141 Å². The summed E-state index contributed by atoms with van der Waals surface area (Å²) < 4.78 is 10.4. The van der Waals surface area contributed by atoms with Crippen molar-refractivity contribution in [1.82, 2.24) is 4.90 Å². The van der Waals surface area contributed by atoms with Gasteiger partial charge in [-0.15, -0.1) is 0 Å². The number of carbonyl (C=O) groups is 1. The van der Waals surface area contributed by atoms with Gasteiger partial charge in [0.05, 0.1) is 24.6 Å². The van der Waals surface area contributed by atoms with Crippen molar-refractivity contribution in [3.63, 3.8) is 0 Å². The summed E-state index contributed by atoms with van der Waals surface area (Å²) in [7, 11) is 1.39. The van der Waals surface area contributed by atoms with Crippen molar-refractivity contribution in [2.24, 2.45) is 0 Å². The molecule has 0 radical (unpaired) electrons. The molecule has 0 amide bonds. The Bertz CT molecular complexity index is 540. The number of ether oxygens (including phenoxy) is 2. The molecule has 7 heteroatoms. The summed E-state index contributed by atoms with van der Waals surface area (Å²) in [5, 5.41) is 10.7. The highest BCUT2D eigenvalue weighted by molar-refractivity contribution is 5.69. The molecule has 7 nitrogen and oxygen atoms in total. The second kappa shape index (κ2) is 9.34. The molecule has 1 aliphatic rings. The van der Waals surface area contributed by atoms with E-state index in [0.717, 1.165) is 44.5 Å². The third kappa shape index (κ3) is 5.90. The predicted octanol–water partition coefficient (Wildman–Crippen LogP) is 2.18. The average Bonchev–Trinajstić information content (AvgIpc) is 3.10. The fourth-order valence-corrected chi connectivity index (χ4v) is 2.79. The fourth-order valence-electron chi connectivity index (χ4n) is 2.79. The van der Waals surface area contributed by atoms with E-state index >= 15 is 0 Å². The number of nitro groups is 1. The minimum atomic E-state index is -0.399. The van der Waals surface area contributed by atoms with Crippen LogP contribution in [0.15, 0.2) is 24.3 Å². The molecule has 0 aromatic heterocycles. The zero-order valence-corrected chi connectivity index (χ0v) is 14.0. The first-order chi connectivity index (χ1) is 11.6. The molecule has 24 heavy (non-hydrogen) atoms. The SMILES string of the molecule is COC(=O)CCN(CCc1ccc([N+](=O)[O-])cc1)CC1CCCO1. The molecule has 2 rings (SSSR count). The summed E-state index contributed by atoms with van der Waals surface area (Å²) in [5.74, 6) is -0.220. The summed E-state index contributed by atoms with van der Waals surface area (Å²) in [6.45, 7) is 3.00. The number of rotatable bonds is 9. The molecule has 1 aromatic carbocycles. The maximum Gasteiger partial charge on any atom is 0.306 e. The van der Waals surface area contributed by atoms with Crippen molar-refractivity contribution in [3.8, 4) is 0 Å². The molecule has 0 aliphatic carbocycles. The van der Waals surface area contributed by atoms with Crippen LogP contribution in [-0.2, 0) is 20.7 Å². The zero-order chi connectivity index (χ0) is 17.4. The van der Waals surface area contributed by atoms with E-state index in [1.807, 2.05) is 0 Å². The van der Waals surface area contributed by atoms with E-state index in [9.17, 15) is 14.9 Å². The van der Waals surface area contributed by atoms with Crippen LogP contribution in [0.1, 0.15) is 24.8 Å². The largest absolute Gasteiger partial charge is 0.469 e. The molecule has 1 heterocycles. The monoisotopic (exact) mass is 336 g/mol. The Kier molecular flexibility index (Phi) is 7.14. The quantitative estimate of drug-likeness (QED) is 0.390. The van der Waals surface area contributed by atoms with E-state index < -0.39 is 4.92 Å². The van der Waals surface area contributed by atoms with E-state index in [4.69, 9.17) is 9.47 Å². The number of nitrogens with zero attached hydrogens (tertiary/aromatic N) is 2. The Morgan fingerprint density at radius 3 is 2.71 bits per heavy atom. The van der Waals surface area contributed by atoms with Crippen LogP contribution < -0.4 is 0 Å². The van der Waals surface area contributed by atoms with Gasteiger partial charge in [-0.2, -0.15) is 0 Å². The van der Waals surface area contributed by atoms with E-state index in [-0.39, 0.29) is 17.8 Å². The summed E-state index contributed by atoms with van der Waals surface area (Å²) in [5.41, 5.74) is 1.14. The van der Waals surface area contributed by atoms with Gasteiger partial charge < -0.3 is 9.47 Å². The second-order valence-corrected chi connectivity index (χ2v) is 5.94. The van der Waals surface area contributed by atoms with Gasteiger partial charge in [-0.3, -0.25) is 19.8 Å². The van der Waals surface area contributed by atoms with Crippen molar-refractivity contribution in [3.05, 3.63) is 39.9 Å². The molecular weight excluding hydrogens is 312 g/mol. The number of hydrogen-bond acceptors (Lipinski definition) is 6. The number of esters is 1. The molecule has 0 N–H and O–H groups in total. The van der Waals surface area contributed by atoms with Gasteiger partial charge in [-0.05, 0) is 24.8 Å². The number of benzene rings is 1. The summed E-state index contributed by atoms with van der Waals surface area (Å²) in [6.07, 6.45) is 3.47. The van der Waals surface area contributed by atoms with Gasteiger partial charge in [0, 0.05) is 38.4 Å². The standard InChI is InChI=1S/C17H24N2O5/c1-23-17(20)9-11-18(13-16-3-2-12-24-16)10-8-14-4-6-15(7-5-14)19(21)22/h4-7,16H,2-3,8-13H2,1H3. The average molecular weight is 336 g/mol. The number of methoxy groups -OCH3 is 1. The summed E-state index contributed by atoms with van der Waals surface area (Å²) >= 11 is 0. The molecule has 1 aliphatic heterocycles. The Morgan fingerprint density at radius 2 is 2.12 bits per heavy atom. The second-order valence-electron chi connectivity index (χ2n) is 5.94.